The SMILES string of the molecule is CCCn1c(SCC(=O)NCCc2ccccc2C)nc2ccc(Br)cc2c1=O. The Morgan fingerprint density at radius 1 is 1.24 bits per heavy atom. The van der Waals surface area contributed by atoms with E-state index in [-0.39, 0.29) is 17.2 Å². The summed E-state index contributed by atoms with van der Waals surface area (Å²) >= 11 is 4.72. The number of carbonyl (C=O) groups excluding carboxylic acids is 1. The fraction of sp³-hybridized carbons (Fsp3) is 0.318. The van der Waals surface area contributed by atoms with Gasteiger partial charge in [-0.1, -0.05) is 58.9 Å². The molecule has 1 aromatic heterocycles. The van der Waals surface area contributed by atoms with E-state index >= 15 is 0 Å². The standard InChI is InChI=1S/C22H24BrN3O2S/c1-3-12-26-21(28)18-13-17(23)8-9-19(18)25-22(26)29-14-20(27)24-11-10-16-7-5-4-6-15(16)2/h4-9,13H,3,10-12,14H2,1-2H3,(H,24,27). The van der Waals surface area contributed by atoms with Crippen LogP contribution in [0.25, 0.3) is 10.9 Å². The first kappa shape index (κ1) is 21.6. The van der Waals surface area contributed by atoms with E-state index in [1.807, 2.05) is 31.2 Å². The summed E-state index contributed by atoms with van der Waals surface area (Å²) in [6, 6.07) is 13.7. The predicted octanol–water partition coefficient (Wildman–Crippen LogP) is 4.33. The van der Waals surface area contributed by atoms with E-state index in [1.54, 1.807) is 10.6 Å². The summed E-state index contributed by atoms with van der Waals surface area (Å²) in [5, 5.41) is 4.13. The Kier molecular flexibility index (Phi) is 7.50. The Labute approximate surface area is 183 Å². The summed E-state index contributed by atoms with van der Waals surface area (Å²) in [4.78, 5) is 29.8. The van der Waals surface area contributed by atoms with Gasteiger partial charge < -0.3 is 5.32 Å². The summed E-state index contributed by atoms with van der Waals surface area (Å²) in [6.45, 7) is 5.25. The lowest BCUT2D eigenvalue weighted by Gasteiger charge is -2.12. The van der Waals surface area contributed by atoms with Crippen molar-refractivity contribution in [1.29, 1.82) is 0 Å². The predicted molar refractivity (Wildman–Crippen MR) is 123 cm³/mol. The number of nitrogens with zero attached hydrogens (tertiary/aromatic N) is 2. The van der Waals surface area contributed by atoms with Crippen LogP contribution in [-0.4, -0.2) is 27.8 Å². The first-order chi connectivity index (χ1) is 14.0. The Bertz CT molecular complexity index is 1080. The van der Waals surface area contributed by atoms with Crippen LogP contribution in [0.15, 0.2) is 56.9 Å². The van der Waals surface area contributed by atoms with E-state index in [1.165, 1.54) is 22.9 Å². The molecule has 0 bridgehead atoms. The van der Waals surface area contributed by atoms with Gasteiger partial charge in [-0.15, -0.1) is 0 Å². The van der Waals surface area contributed by atoms with Gasteiger partial charge in [0.2, 0.25) is 5.91 Å². The third-order valence-corrected chi connectivity index (χ3v) is 6.11. The average Bonchev–Trinajstić information content (AvgIpc) is 2.71. The number of aryl methyl sites for hydroxylation is 1. The third-order valence-electron chi connectivity index (χ3n) is 4.64. The van der Waals surface area contributed by atoms with Crippen LogP contribution in [0.5, 0.6) is 0 Å². The molecule has 0 saturated heterocycles. The molecule has 0 spiro atoms. The van der Waals surface area contributed by atoms with Gasteiger partial charge in [-0.05, 0) is 49.1 Å². The highest BCUT2D eigenvalue weighted by Crippen LogP contribution is 2.20. The molecule has 0 saturated carbocycles. The van der Waals surface area contributed by atoms with E-state index in [9.17, 15) is 9.59 Å². The lowest BCUT2D eigenvalue weighted by Crippen LogP contribution is -2.28. The minimum Gasteiger partial charge on any atom is -0.355 e. The molecular formula is C22H24BrN3O2S. The third kappa shape index (κ3) is 5.48. The zero-order valence-corrected chi connectivity index (χ0v) is 19.0. The van der Waals surface area contributed by atoms with Gasteiger partial charge in [-0.3, -0.25) is 14.2 Å². The molecule has 0 unspecified atom stereocenters. The molecule has 0 atom stereocenters. The van der Waals surface area contributed by atoms with E-state index in [2.05, 4.69) is 45.3 Å². The molecule has 1 amide bonds. The minimum atomic E-state index is -0.0689. The van der Waals surface area contributed by atoms with Crippen molar-refractivity contribution < 1.29 is 4.79 Å². The second-order valence-corrected chi connectivity index (χ2v) is 8.69. The fourth-order valence-electron chi connectivity index (χ4n) is 3.11. The average molecular weight is 474 g/mol. The highest BCUT2D eigenvalue weighted by molar-refractivity contribution is 9.10. The van der Waals surface area contributed by atoms with Crippen LogP contribution in [-0.2, 0) is 17.8 Å². The van der Waals surface area contributed by atoms with Gasteiger partial charge in [0, 0.05) is 17.6 Å². The van der Waals surface area contributed by atoms with Crippen molar-refractivity contribution in [3.8, 4) is 0 Å². The van der Waals surface area contributed by atoms with Crippen molar-refractivity contribution in [3.05, 3.63) is 68.4 Å². The zero-order chi connectivity index (χ0) is 20.8. The lowest BCUT2D eigenvalue weighted by molar-refractivity contribution is -0.118. The van der Waals surface area contributed by atoms with Crippen LogP contribution in [0.3, 0.4) is 0 Å². The minimum absolute atomic E-state index is 0.0585. The maximum Gasteiger partial charge on any atom is 0.262 e. The van der Waals surface area contributed by atoms with Crippen LogP contribution in [0, 0.1) is 6.92 Å². The van der Waals surface area contributed by atoms with Gasteiger partial charge in [0.25, 0.3) is 5.56 Å². The first-order valence-electron chi connectivity index (χ1n) is 9.63. The molecule has 1 N–H and O–H groups in total. The molecule has 7 heteroatoms. The van der Waals surface area contributed by atoms with E-state index in [0.717, 1.165) is 17.3 Å². The monoisotopic (exact) mass is 473 g/mol. The van der Waals surface area contributed by atoms with Crippen molar-refractivity contribution in [1.82, 2.24) is 14.9 Å². The van der Waals surface area contributed by atoms with Crippen LogP contribution in [0.4, 0.5) is 0 Å². The molecule has 0 aliphatic carbocycles. The van der Waals surface area contributed by atoms with Gasteiger partial charge in [-0.25, -0.2) is 4.98 Å². The molecular weight excluding hydrogens is 450 g/mol. The highest BCUT2D eigenvalue weighted by atomic mass is 79.9. The maximum absolute atomic E-state index is 12.9. The van der Waals surface area contributed by atoms with Gasteiger partial charge >= 0.3 is 0 Å². The van der Waals surface area contributed by atoms with E-state index in [4.69, 9.17) is 0 Å². The fourth-order valence-corrected chi connectivity index (χ4v) is 4.33. The molecule has 0 fully saturated rings. The molecule has 0 radical (unpaired) electrons. The van der Waals surface area contributed by atoms with Crippen LogP contribution in [0.2, 0.25) is 0 Å². The first-order valence-corrected chi connectivity index (χ1v) is 11.4. The summed E-state index contributed by atoms with van der Waals surface area (Å²) in [5.41, 5.74) is 3.04. The molecule has 29 heavy (non-hydrogen) atoms. The highest BCUT2D eigenvalue weighted by Gasteiger charge is 2.13. The van der Waals surface area contributed by atoms with E-state index in [0.29, 0.717) is 29.1 Å². The van der Waals surface area contributed by atoms with Crippen LogP contribution < -0.4 is 10.9 Å². The number of aromatic nitrogens is 2. The molecule has 1 heterocycles. The second-order valence-electron chi connectivity index (χ2n) is 6.83. The number of carbonyl (C=O) groups is 1. The molecule has 3 rings (SSSR count). The number of hydrogen-bond acceptors (Lipinski definition) is 4. The topological polar surface area (TPSA) is 64.0 Å². The number of fused-ring (bicyclic) bond motifs is 1. The number of amides is 1. The van der Waals surface area contributed by atoms with Crippen molar-refractivity contribution in [2.75, 3.05) is 12.3 Å². The van der Waals surface area contributed by atoms with Gasteiger partial charge in [0.1, 0.15) is 0 Å². The Balaban J connectivity index is 1.67. The van der Waals surface area contributed by atoms with Crippen molar-refractivity contribution in [3.63, 3.8) is 0 Å². The Hall–Kier alpha value is -2.12. The molecule has 152 valence electrons. The van der Waals surface area contributed by atoms with Crippen molar-refractivity contribution >= 4 is 44.5 Å². The number of nitrogens with one attached hydrogen (secondary N) is 1. The molecule has 0 aliphatic rings. The second kappa shape index (κ2) is 10.1. The number of rotatable bonds is 8. The van der Waals surface area contributed by atoms with Gasteiger partial charge in [0.05, 0.1) is 16.7 Å². The molecule has 2 aromatic carbocycles. The normalized spacial score (nSPS) is 11.0. The quantitative estimate of drug-likeness (QED) is 0.390. The maximum atomic E-state index is 12.9. The van der Waals surface area contributed by atoms with E-state index < -0.39 is 0 Å². The van der Waals surface area contributed by atoms with Crippen LogP contribution in [0.1, 0.15) is 24.5 Å². The Morgan fingerprint density at radius 2 is 2.03 bits per heavy atom. The van der Waals surface area contributed by atoms with Crippen molar-refractivity contribution in [2.24, 2.45) is 0 Å². The van der Waals surface area contributed by atoms with Crippen molar-refractivity contribution in [2.45, 2.75) is 38.4 Å². The number of benzene rings is 2. The molecule has 3 aromatic rings. The zero-order valence-electron chi connectivity index (χ0n) is 16.6. The van der Waals surface area contributed by atoms with Crippen LogP contribution >= 0.6 is 27.7 Å². The molecule has 5 nitrogen and oxygen atoms in total. The summed E-state index contributed by atoms with van der Waals surface area (Å²) in [6.07, 6.45) is 1.62. The largest absolute Gasteiger partial charge is 0.355 e. The summed E-state index contributed by atoms with van der Waals surface area (Å²) < 4.78 is 2.51. The number of hydrogen-bond donors (Lipinski definition) is 1. The summed E-state index contributed by atoms with van der Waals surface area (Å²) in [7, 11) is 0. The number of halogens is 1. The number of thioether (sulfide) groups is 1. The molecule has 0 aliphatic heterocycles. The van der Waals surface area contributed by atoms with Gasteiger partial charge in [0.15, 0.2) is 5.16 Å². The summed E-state index contributed by atoms with van der Waals surface area (Å²) in [5.74, 6) is 0.170. The lowest BCUT2D eigenvalue weighted by atomic mass is 10.1. The smallest absolute Gasteiger partial charge is 0.262 e. The Morgan fingerprint density at radius 3 is 2.79 bits per heavy atom. The van der Waals surface area contributed by atoms with Gasteiger partial charge in [-0.2, -0.15) is 0 Å².